The Morgan fingerprint density at radius 3 is 2.28 bits per heavy atom. The number of ketones is 1. The molecule has 3 aliphatic rings. The number of fused-ring (bicyclic) bond motifs is 1. The molecule has 2 saturated heterocycles. The van der Waals surface area contributed by atoms with E-state index in [1.54, 1.807) is 21.9 Å². The number of amides is 3. The smallest absolute Gasteiger partial charge is 0.251 e. The zero-order valence-corrected chi connectivity index (χ0v) is 23.9. The second-order valence-corrected chi connectivity index (χ2v) is 12.2. The largest absolute Gasteiger partial charge is 0.378 e. The fraction of sp³-hybridized carbons (Fsp3) is 0.667. The van der Waals surface area contributed by atoms with Crippen molar-refractivity contribution in [2.24, 2.45) is 17.6 Å². The Morgan fingerprint density at radius 2 is 1.67 bits per heavy atom. The Bertz CT molecular complexity index is 1050. The van der Waals surface area contributed by atoms with Gasteiger partial charge in [0, 0.05) is 31.9 Å². The van der Waals surface area contributed by atoms with Crippen LogP contribution in [0.25, 0.3) is 0 Å². The number of nitrogens with two attached hydrogens (primary N) is 1. The molecule has 39 heavy (non-hydrogen) atoms. The van der Waals surface area contributed by atoms with Crippen LogP contribution >= 0.6 is 0 Å². The quantitative estimate of drug-likeness (QED) is 0.498. The van der Waals surface area contributed by atoms with Gasteiger partial charge in [0.05, 0.1) is 18.6 Å². The lowest BCUT2D eigenvalue weighted by Crippen LogP contribution is -2.53. The molecule has 3 N–H and O–H groups in total. The second kappa shape index (κ2) is 12.5. The minimum atomic E-state index is -0.754. The molecule has 2 heterocycles. The molecule has 0 aromatic heterocycles. The monoisotopic (exact) mass is 539 g/mol. The van der Waals surface area contributed by atoms with Crippen molar-refractivity contribution >= 4 is 29.2 Å². The van der Waals surface area contributed by atoms with Gasteiger partial charge in [0.15, 0.2) is 5.78 Å². The summed E-state index contributed by atoms with van der Waals surface area (Å²) in [6.07, 6.45) is 7.48. The fourth-order valence-corrected chi connectivity index (χ4v) is 6.50. The summed E-state index contributed by atoms with van der Waals surface area (Å²) >= 11 is 0. The molecular weight excluding hydrogens is 494 g/mol. The van der Waals surface area contributed by atoms with Crippen molar-refractivity contribution in [2.45, 2.75) is 89.4 Å². The summed E-state index contributed by atoms with van der Waals surface area (Å²) < 4.78 is 0. The van der Waals surface area contributed by atoms with E-state index < -0.39 is 18.1 Å². The Kier molecular flexibility index (Phi) is 9.31. The molecule has 9 nitrogen and oxygen atoms in total. The van der Waals surface area contributed by atoms with Gasteiger partial charge in [-0.15, -0.1) is 0 Å². The molecule has 0 unspecified atom stereocenters. The highest BCUT2D eigenvalue weighted by molar-refractivity contribution is 6.01. The van der Waals surface area contributed by atoms with Gasteiger partial charge in [-0.25, -0.2) is 0 Å². The Labute approximate surface area is 232 Å². The summed E-state index contributed by atoms with van der Waals surface area (Å²) in [5.74, 6) is -0.263. The standard InChI is InChI=1S/C30H45N5O4/c1-19(2)16-24(32-28(37)21-10-12-22(13-11-21)33(3)4)30(39)34-15-14-25-27(34)26(36)18-35(25)29(38)23(31)17-20-8-6-5-7-9-20/h10-13,19-20,23-25,27H,5-9,14-18,31H2,1-4H3,(H,32,37)/t23-,24-,25+,27-/m0/s1. The maximum absolute atomic E-state index is 13.8. The molecule has 2 aliphatic heterocycles. The Balaban J connectivity index is 1.43. The van der Waals surface area contributed by atoms with Crippen LogP contribution in [-0.4, -0.2) is 84.7 Å². The number of hydrogen-bond donors (Lipinski definition) is 2. The molecule has 0 bridgehead atoms. The van der Waals surface area contributed by atoms with E-state index in [-0.39, 0.29) is 42.0 Å². The van der Waals surface area contributed by atoms with Crippen LogP contribution in [0, 0.1) is 11.8 Å². The molecule has 3 fully saturated rings. The van der Waals surface area contributed by atoms with E-state index in [0.29, 0.717) is 37.3 Å². The van der Waals surface area contributed by atoms with Crippen LogP contribution < -0.4 is 16.0 Å². The molecule has 3 amide bonds. The molecule has 4 rings (SSSR count). The summed E-state index contributed by atoms with van der Waals surface area (Å²) in [5.41, 5.74) is 7.80. The van der Waals surface area contributed by atoms with E-state index in [1.807, 2.05) is 45.0 Å². The highest BCUT2D eigenvalue weighted by Crippen LogP contribution is 2.33. The van der Waals surface area contributed by atoms with E-state index in [4.69, 9.17) is 5.73 Å². The zero-order chi connectivity index (χ0) is 28.3. The van der Waals surface area contributed by atoms with Gasteiger partial charge in [-0.2, -0.15) is 0 Å². The van der Waals surface area contributed by atoms with Gasteiger partial charge in [0.2, 0.25) is 11.8 Å². The fourth-order valence-electron chi connectivity index (χ4n) is 6.50. The van der Waals surface area contributed by atoms with Crippen LogP contribution in [0.15, 0.2) is 24.3 Å². The highest BCUT2D eigenvalue weighted by atomic mass is 16.2. The minimum Gasteiger partial charge on any atom is -0.378 e. The lowest BCUT2D eigenvalue weighted by atomic mass is 9.84. The van der Waals surface area contributed by atoms with E-state index in [2.05, 4.69) is 5.32 Å². The third-order valence-electron chi connectivity index (χ3n) is 8.57. The molecule has 1 aliphatic carbocycles. The first kappa shape index (κ1) is 29.1. The number of likely N-dealkylation sites (tertiary alicyclic amines) is 2. The van der Waals surface area contributed by atoms with Crippen molar-refractivity contribution in [3.8, 4) is 0 Å². The predicted molar refractivity (Wildman–Crippen MR) is 151 cm³/mol. The number of nitrogens with one attached hydrogen (secondary N) is 1. The Hall–Kier alpha value is -2.94. The second-order valence-electron chi connectivity index (χ2n) is 12.2. The summed E-state index contributed by atoms with van der Waals surface area (Å²) in [4.78, 5) is 58.5. The van der Waals surface area contributed by atoms with Crippen molar-refractivity contribution in [2.75, 3.05) is 32.1 Å². The van der Waals surface area contributed by atoms with Crippen LogP contribution in [0.5, 0.6) is 0 Å². The molecule has 1 saturated carbocycles. The van der Waals surface area contributed by atoms with Crippen LogP contribution in [0.1, 0.15) is 75.6 Å². The number of carbonyl (C=O) groups is 4. The lowest BCUT2D eigenvalue weighted by Gasteiger charge is -2.30. The summed E-state index contributed by atoms with van der Waals surface area (Å²) in [5, 5.41) is 2.93. The van der Waals surface area contributed by atoms with Gasteiger partial charge in [-0.1, -0.05) is 46.0 Å². The number of rotatable bonds is 9. The SMILES string of the molecule is CC(C)C[C@H](NC(=O)c1ccc(N(C)C)cc1)C(=O)N1CC[C@@H]2[C@H]1C(=O)CN2C(=O)[C@@H](N)CC1CCCCC1. The third-order valence-corrected chi connectivity index (χ3v) is 8.57. The van der Waals surface area contributed by atoms with Crippen LogP contribution in [0.3, 0.4) is 0 Å². The van der Waals surface area contributed by atoms with Crippen LogP contribution in [-0.2, 0) is 14.4 Å². The van der Waals surface area contributed by atoms with E-state index in [1.165, 1.54) is 19.3 Å². The summed E-state index contributed by atoms with van der Waals surface area (Å²) in [6, 6.07) is 4.83. The highest BCUT2D eigenvalue weighted by Gasteiger charge is 2.52. The molecular formula is C30H45N5O4. The minimum absolute atomic E-state index is 0.00422. The number of benzene rings is 1. The van der Waals surface area contributed by atoms with Crippen molar-refractivity contribution in [3.05, 3.63) is 29.8 Å². The van der Waals surface area contributed by atoms with Gasteiger partial charge in [0.25, 0.3) is 5.91 Å². The van der Waals surface area contributed by atoms with Crippen LogP contribution in [0.4, 0.5) is 5.69 Å². The van der Waals surface area contributed by atoms with Gasteiger partial charge in [-0.05, 0) is 55.4 Å². The average molecular weight is 540 g/mol. The first-order chi connectivity index (χ1) is 18.6. The first-order valence-electron chi connectivity index (χ1n) is 14.5. The number of carbonyl (C=O) groups excluding carboxylic acids is 4. The van der Waals surface area contributed by atoms with Gasteiger partial charge in [-0.3, -0.25) is 19.2 Å². The molecule has 214 valence electrons. The van der Waals surface area contributed by atoms with Crippen molar-refractivity contribution in [1.82, 2.24) is 15.1 Å². The summed E-state index contributed by atoms with van der Waals surface area (Å²) in [7, 11) is 3.86. The topological polar surface area (TPSA) is 116 Å². The number of anilines is 1. The normalized spacial score (nSPS) is 23.1. The van der Waals surface area contributed by atoms with Crippen molar-refractivity contribution < 1.29 is 19.2 Å². The summed E-state index contributed by atoms with van der Waals surface area (Å²) in [6.45, 7) is 4.37. The van der Waals surface area contributed by atoms with Crippen molar-refractivity contribution in [1.29, 1.82) is 0 Å². The van der Waals surface area contributed by atoms with Crippen LogP contribution in [0.2, 0.25) is 0 Å². The average Bonchev–Trinajstić information content (AvgIpc) is 3.49. The van der Waals surface area contributed by atoms with E-state index in [0.717, 1.165) is 18.5 Å². The Morgan fingerprint density at radius 1 is 1.00 bits per heavy atom. The molecule has 1 aromatic rings. The predicted octanol–water partition coefficient (Wildman–Crippen LogP) is 2.58. The van der Waals surface area contributed by atoms with E-state index in [9.17, 15) is 19.2 Å². The maximum atomic E-state index is 13.8. The molecule has 4 atom stereocenters. The van der Waals surface area contributed by atoms with Gasteiger partial charge < -0.3 is 25.8 Å². The lowest BCUT2D eigenvalue weighted by molar-refractivity contribution is -0.138. The first-order valence-corrected chi connectivity index (χ1v) is 14.5. The van der Waals surface area contributed by atoms with Gasteiger partial charge >= 0.3 is 0 Å². The molecule has 0 radical (unpaired) electrons. The molecule has 0 spiro atoms. The maximum Gasteiger partial charge on any atom is 0.251 e. The molecule has 9 heteroatoms. The van der Waals surface area contributed by atoms with E-state index >= 15 is 0 Å². The van der Waals surface area contributed by atoms with Gasteiger partial charge in [0.1, 0.15) is 12.1 Å². The van der Waals surface area contributed by atoms with Crippen molar-refractivity contribution in [3.63, 3.8) is 0 Å². The molecule has 1 aromatic carbocycles. The number of hydrogen-bond acceptors (Lipinski definition) is 6. The number of Topliss-reactive ketones (excluding diaryl/α,β-unsaturated/α-hetero) is 1. The third kappa shape index (κ3) is 6.62. The zero-order valence-electron chi connectivity index (χ0n) is 23.9. The number of nitrogens with zero attached hydrogens (tertiary/aromatic N) is 3.